The molecule has 1 fully saturated rings. The summed E-state index contributed by atoms with van der Waals surface area (Å²) in [4.78, 5) is 15.7. The Kier molecular flexibility index (Phi) is 3.57. The van der Waals surface area contributed by atoms with Crippen molar-refractivity contribution in [3.63, 3.8) is 0 Å². The van der Waals surface area contributed by atoms with Crippen molar-refractivity contribution in [2.24, 2.45) is 9.98 Å². The Morgan fingerprint density at radius 3 is 2.96 bits per heavy atom. The van der Waals surface area contributed by atoms with Crippen LogP contribution in [0.3, 0.4) is 0 Å². The van der Waals surface area contributed by atoms with Crippen LogP contribution in [0.1, 0.15) is 37.8 Å². The van der Waals surface area contributed by atoms with Gasteiger partial charge in [0.05, 0.1) is 11.0 Å². The van der Waals surface area contributed by atoms with Crippen molar-refractivity contribution in [1.29, 1.82) is 0 Å². The minimum atomic E-state index is 0.0111. The molecular formula is C17H19N5O. The number of aromatic amines is 1. The standard InChI is InChI=1S/C17H19N5O/c23-16-15(9-11-6-7-13-14(8-11)19-10-18-13)21-17(22-16)20-12-4-2-1-3-5-12/h6-10,12,23H,1-5H2,(H2,20,21,22)/b11-9+. The lowest BCUT2D eigenvalue weighted by Gasteiger charge is -2.22. The van der Waals surface area contributed by atoms with E-state index < -0.39 is 0 Å². The van der Waals surface area contributed by atoms with E-state index in [0.29, 0.717) is 17.7 Å². The molecule has 0 bridgehead atoms. The molecule has 4 rings (SSSR count). The topological polar surface area (TPSA) is 85.7 Å². The molecule has 6 heteroatoms. The van der Waals surface area contributed by atoms with Gasteiger partial charge in [-0.05, 0) is 36.3 Å². The average molecular weight is 309 g/mol. The maximum Gasteiger partial charge on any atom is 0.238 e. The van der Waals surface area contributed by atoms with E-state index in [4.69, 9.17) is 0 Å². The van der Waals surface area contributed by atoms with E-state index in [-0.39, 0.29) is 5.88 Å². The van der Waals surface area contributed by atoms with Crippen LogP contribution in [-0.4, -0.2) is 27.5 Å². The Bertz CT molecular complexity index is 862. The maximum absolute atomic E-state index is 10.1. The number of rotatable bonds is 3. The molecule has 0 saturated heterocycles. The van der Waals surface area contributed by atoms with Crippen molar-refractivity contribution in [3.8, 4) is 5.88 Å². The van der Waals surface area contributed by atoms with Crippen molar-refractivity contribution in [2.75, 3.05) is 5.32 Å². The molecule has 6 nitrogen and oxygen atoms in total. The van der Waals surface area contributed by atoms with E-state index in [0.717, 1.165) is 29.1 Å². The van der Waals surface area contributed by atoms with Gasteiger partial charge >= 0.3 is 0 Å². The normalized spacial score (nSPS) is 18.0. The molecule has 1 aromatic carbocycles. The Morgan fingerprint density at radius 1 is 1.22 bits per heavy atom. The molecule has 1 aliphatic heterocycles. The van der Waals surface area contributed by atoms with Gasteiger partial charge in [0, 0.05) is 6.04 Å². The van der Waals surface area contributed by atoms with Crippen LogP contribution >= 0.6 is 0 Å². The molecule has 2 heterocycles. The molecule has 23 heavy (non-hydrogen) atoms. The fraction of sp³-hybridized carbons (Fsp3) is 0.353. The molecule has 0 atom stereocenters. The number of imidazole rings is 1. The summed E-state index contributed by atoms with van der Waals surface area (Å²) in [5.41, 5.74) is 1.44. The van der Waals surface area contributed by atoms with Crippen molar-refractivity contribution >= 4 is 24.1 Å². The first kappa shape index (κ1) is 14.0. The van der Waals surface area contributed by atoms with Crippen LogP contribution < -0.4 is 15.9 Å². The number of fused-ring (bicyclic) bond motifs is 1. The zero-order valence-corrected chi connectivity index (χ0v) is 12.8. The highest BCUT2D eigenvalue weighted by Crippen LogP contribution is 2.23. The molecule has 1 aromatic heterocycles. The highest BCUT2D eigenvalue weighted by molar-refractivity contribution is 5.67. The molecule has 0 radical (unpaired) electrons. The van der Waals surface area contributed by atoms with E-state index in [1.807, 2.05) is 24.3 Å². The van der Waals surface area contributed by atoms with E-state index in [9.17, 15) is 5.11 Å². The zero-order chi connectivity index (χ0) is 15.6. The van der Waals surface area contributed by atoms with Gasteiger partial charge in [-0.15, -0.1) is 0 Å². The number of hydrogen-bond acceptors (Lipinski definition) is 5. The van der Waals surface area contributed by atoms with E-state index in [1.165, 1.54) is 19.3 Å². The molecule has 0 unspecified atom stereocenters. The van der Waals surface area contributed by atoms with E-state index in [1.54, 1.807) is 6.34 Å². The minimum absolute atomic E-state index is 0.0111. The first-order chi connectivity index (χ1) is 11.3. The molecular weight excluding hydrogens is 290 g/mol. The van der Waals surface area contributed by atoms with Crippen LogP contribution in [0.5, 0.6) is 5.88 Å². The van der Waals surface area contributed by atoms with Crippen LogP contribution in [0.4, 0.5) is 11.6 Å². The second-order valence-corrected chi connectivity index (χ2v) is 6.07. The number of H-pyrrole nitrogens is 1. The van der Waals surface area contributed by atoms with Crippen LogP contribution in [0.15, 0.2) is 28.2 Å². The third kappa shape index (κ3) is 2.97. The number of aromatic hydroxyl groups is 1. The summed E-state index contributed by atoms with van der Waals surface area (Å²) in [6, 6.07) is 6.25. The fourth-order valence-electron chi connectivity index (χ4n) is 3.15. The Balaban J connectivity index is 1.58. The van der Waals surface area contributed by atoms with Crippen LogP contribution in [0.25, 0.3) is 6.08 Å². The van der Waals surface area contributed by atoms with Gasteiger partial charge in [-0.25, -0.2) is 9.98 Å². The van der Waals surface area contributed by atoms with Crippen LogP contribution in [-0.2, 0) is 0 Å². The Morgan fingerprint density at radius 2 is 2.09 bits per heavy atom. The number of nitrogens with one attached hydrogen (secondary N) is 2. The molecule has 118 valence electrons. The molecule has 1 aliphatic carbocycles. The van der Waals surface area contributed by atoms with Crippen molar-refractivity contribution in [2.45, 2.75) is 38.1 Å². The zero-order valence-electron chi connectivity index (χ0n) is 12.8. The van der Waals surface area contributed by atoms with Gasteiger partial charge in [-0.2, -0.15) is 4.98 Å². The number of aromatic nitrogens is 2. The number of anilines is 1. The molecule has 3 N–H and O–H groups in total. The van der Waals surface area contributed by atoms with Crippen LogP contribution in [0.2, 0.25) is 0 Å². The van der Waals surface area contributed by atoms with Crippen LogP contribution in [0, 0.1) is 0 Å². The average Bonchev–Trinajstić information content (AvgIpc) is 3.15. The quantitative estimate of drug-likeness (QED) is 0.810. The van der Waals surface area contributed by atoms with Gasteiger partial charge in [-0.3, -0.25) is 0 Å². The summed E-state index contributed by atoms with van der Waals surface area (Å²) >= 11 is 0. The Hall–Kier alpha value is -2.63. The second-order valence-electron chi connectivity index (χ2n) is 6.07. The maximum atomic E-state index is 10.1. The predicted molar refractivity (Wildman–Crippen MR) is 89.7 cm³/mol. The molecule has 2 aliphatic rings. The fourth-order valence-corrected chi connectivity index (χ4v) is 3.15. The number of benzene rings is 1. The molecule has 1 saturated carbocycles. The highest BCUT2D eigenvalue weighted by atomic mass is 16.3. The largest absolute Gasteiger partial charge is 0.492 e. The second kappa shape index (κ2) is 5.87. The summed E-state index contributed by atoms with van der Waals surface area (Å²) in [5.74, 6) is 0.645. The summed E-state index contributed by atoms with van der Waals surface area (Å²) in [7, 11) is 0. The number of hydrogen-bond donors (Lipinski definition) is 3. The molecule has 0 amide bonds. The molecule has 0 spiro atoms. The van der Waals surface area contributed by atoms with Gasteiger partial charge in [0.15, 0.2) is 0 Å². The first-order valence-corrected chi connectivity index (χ1v) is 8.05. The summed E-state index contributed by atoms with van der Waals surface area (Å²) in [5, 5.41) is 15.3. The van der Waals surface area contributed by atoms with E-state index >= 15 is 0 Å². The van der Waals surface area contributed by atoms with Gasteiger partial charge in [0.1, 0.15) is 12.0 Å². The summed E-state index contributed by atoms with van der Waals surface area (Å²) in [6.45, 7) is 0. The van der Waals surface area contributed by atoms with Crippen molar-refractivity contribution in [3.05, 3.63) is 34.5 Å². The number of nitrogens with zero attached hydrogens (tertiary/aromatic N) is 3. The predicted octanol–water partition coefficient (Wildman–Crippen LogP) is 1.98. The third-order valence-electron chi connectivity index (χ3n) is 4.36. The molecule has 2 aromatic rings. The Labute approximate surface area is 133 Å². The SMILES string of the molecule is Oc1nc(NC2CCCCC2)[nH]c1/C=c1\ccc2c(c1)N=CN=2. The summed E-state index contributed by atoms with van der Waals surface area (Å²) < 4.78 is 0. The smallest absolute Gasteiger partial charge is 0.238 e. The lowest BCUT2D eigenvalue weighted by molar-refractivity contribution is 0.452. The lowest BCUT2D eigenvalue weighted by Crippen LogP contribution is -2.22. The van der Waals surface area contributed by atoms with E-state index in [2.05, 4.69) is 25.3 Å². The van der Waals surface area contributed by atoms with Crippen molar-refractivity contribution in [1.82, 2.24) is 9.97 Å². The lowest BCUT2D eigenvalue weighted by atomic mass is 9.96. The van der Waals surface area contributed by atoms with Gasteiger partial charge < -0.3 is 15.4 Å². The third-order valence-corrected chi connectivity index (χ3v) is 4.36. The van der Waals surface area contributed by atoms with Gasteiger partial charge in [0.2, 0.25) is 11.8 Å². The number of aliphatic imine (C=N–C) groups is 1. The van der Waals surface area contributed by atoms with Crippen molar-refractivity contribution < 1.29 is 5.11 Å². The highest BCUT2D eigenvalue weighted by Gasteiger charge is 2.15. The monoisotopic (exact) mass is 309 g/mol. The van der Waals surface area contributed by atoms with Gasteiger partial charge in [0.25, 0.3) is 0 Å². The summed E-state index contributed by atoms with van der Waals surface area (Å²) in [6.07, 6.45) is 9.55. The van der Waals surface area contributed by atoms with Gasteiger partial charge in [-0.1, -0.05) is 25.3 Å². The minimum Gasteiger partial charge on any atom is -0.492 e. The first-order valence-electron chi connectivity index (χ1n) is 8.05.